The van der Waals surface area contributed by atoms with Crippen molar-refractivity contribution in [2.75, 3.05) is 5.32 Å². The van der Waals surface area contributed by atoms with Gasteiger partial charge in [-0.2, -0.15) is 0 Å². The highest BCUT2D eigenvalue weighted by Gasteiger charge is 2.11. The van der Waals surface area contributed by atoms with Gasteiger partial charge in [-0.25, -0.2) is 9.98 Å². The van der Waals surface area contributed by atoms with Gasteiger partial charge in [-0.05, 0) is 30.3 Å². The first-order chi connectivity index (χ1) is 13.2. The summed E-state index contributed by atoms with van der Waals surface area (Å²) < 4.78 is 5.89. The number of hydrogen-bond donors (Lipinski definition) is 1. The number of nitrogens with zero attached hydrogens (tertiary/aromatic N) is 3. The molecule has 4 aromatic rings. The number of non-ortho nitro benzene ring substituents is 1. The lowest BCUT2D eigenvalue weighted by atomic mass is 10.3. The number of para-hydroxylation sites is 2. The first-order valence-corrected chi connectivity index (χ1v) is 8.20. The Labute approximate surface area is 153 Å². The van der Waals surface area contributed by atoms with Gasteiger partial charge in [0, 0.05) is 17.8 Å². The van der Waals surface area contributed by atoms with Crippen molar-refractivity contribution in [3.8, 4) is 0 Å². The average Bonchev–Trinajstić information content (AvgIpc) is 2.69. The van der Waals surface area contributed by atoms with Crippen molar-refractivity contribution >= 4 is 34.0 Å². The van der Waals surface area contributed by atoms with E-state index in [1.54, 1.807) is 0 Å². The quantitative estimate of drug-likeness (QED) is 0.421. The number of aromatic nitrogens is 1. The molecule has 0 amide bonds. The predicted molar refractivity (Wildman–Crippen MR) is 102 cm³/mol. The second kappa shape index (κ2) is 7.09. The van der Waals surface area contributed by atoms with Crippen LogP contribution in [0.1, 0.15) is 0 Å². The minimum Gasteiger partial charge on any atom is -0.434 e. The number of fused-ring (bicyclic) bond motifs is 1. The fourth-order valence-electron chi connectivity index (χ4n) is 2.55. The number of rotatable bonds is 4. The molecular formula is C20H14N4O3. The Morgan fingerprint density at radius 3 is 2.37 bits per heavy atom. The van der Waals surface area contributed by atoms with E-state index in [1.165, 1.54) is 18.2 Å². The van der Waals surface area contributed by atoms with Gasteiger partial charge in [0.05, 0.1) is 10.6 Å². The van der Waals surface area contributed by atoms with Gasteiger partial charge in [0.15, 0.2) is 11.4 Å². The maximum absolute atomic E-state index is 11.0. The predicted octanol–water partition coefficient (Wildman–Crippen LogP) is 4.71. The molecule has 0 unspecified atom stereocenters. The lowest BCUT2D eigenvalue weighted by molar-refractivity contribution is -0.384. The summed E-state index contributed by atoms with van der Waals surface area (Å²) in [4.78, 5) is 19.6. The lowest BCUT2D eigenvalue weighted by Crippen LogP contribution is -2.11. The summed E-state index contributed by atoms with van der Waals surface area (Å²) in [7, 11) is 0. The molecule has 7 nitrogen and oxygen atoms in total. The minimum atomic E-state index is -0.465. The summed E-state index contributed by atoms with van der Waals surface area (Å²) >= 11 is 0. The number of benzene rings is 3. The van der Waals surface area contributed by atoms with Gasteiger partial charge in [-0.15, -0.1) is 0 Å². The van der Waals surface area contributed by atoms with Crippen LogP contribution < -0.4 is 10.9 Å². The van der Waals surface area contributed by atoms with E-state index in [4.69, 9.17) is 4.42 Å². The monoisotopic (exact) mass is 358 g/mol. The smallest absolute Gasteiger partial charge is 0.271 e. The van der Waals surface area contributed by atoms with Gasteiger partial charge in [0.25, 0.3) is 11.2 Å². The number of anilines is 2. The van der Waals surface area contributed by atoms with Crippen LogP contribution >= 0.6 is 0 Å². The zero-order valence-electron chi connectivity index (χ0n) is 14.1. The molecule has 0 fully saturated rings. The fraction of sp³-hybridized carbons (Fsp3) is 0. The summed E-state index contributed by atoms with van der Waals surface area (Å²) in [6, 6.07) is 23.1. The molecule has 0 bridgehead atoms. The molecule has 1 heterocycles. The first kappa shape index (κ1) is 16.5. The van der Waals surface area contributed by atoms with Crippen molar-refractivity contribution in [1.82, 2.24) is 4.98 Å². The molecule has 27 heavy (non-hydrogen) atoms. The van der Waals surface area contributed by atoms with Crippen molar-refractivity contribution in [2.45, 2.75) is 0 Å². The Balaban J connectivity index is 1.91. The van der Waals surface area contributed by atoms with Gasteiger partial charge in [0.2, 0.25) is 0 Å². The molecule has 132 valence electrons. The van der Waals surface area contributed by atoms with Crippen molar-refractivity contribution in [3.63, 3.8) is 0 Å². The Morgan fingerprint density at radius 1 is 0.963 bits per heavy atom. The molecule has 0 saturated heterocycles. The van der Waals surface area contributed by atoms with Crippen molar-refractivity contribution in [1.29, 1.82) is 0 Å². The molecule has 0 saturated carbocycles. The van der Waals surface area contributed by atoms with E-state index in [-0.39, 0.29) is 11.2 Å². The fourth-order valence-corrected chi connectivity index (χ4v) is 2.55. The van der Waals surface area contributed by atoms with E-state index in [0.29, 0.717) is 22.6 Å². The minimum absolute atomic E-state index is 0.0522. The van der Waals surface area contributed by atoms with E-state index in [9.17, 15) is 10.1 Å². The van der Waals surface area contributed by atoms with E-state index >= 15 is 0 Å². The maximum atomic E-state index is 11.0. The molecule has 4 rings (SSSR count). The molecule has 7 heteroatoms. The molecule has 0 aliphatic heterocycles. The summed E-state index contributed by atoms with van der Waals surface area (Å²) in [5.74, 6) is 0.373. The molecule has 1 N–H and O–H groups in total. The summed E-state index contributed by atoms with van der Waals surface area (Å²) in [6.07, 6.45) is 0. The second-order valence-electron chi connectivity index (χ2n) is 5.72. The molecule has 1 aromatic heterocycles. The van der Waals surface area contributed by atoms with Crippen molar-refractivity contribution in [2.24, 2.45) is 4.99 Å². The average molecular weight is 358 g/mol. The summed E-state index contributed by atoms with van der Waals surface area (Å²) in [5, 5.41) is 14.2. The highest BCUT2D eigenvalue weighted by Crippen LogP contribution is 2.21. The van der Waals surface area contributed by atoms with Crippen LogP contribution in [0.5, 0.6) is 0 Å². The zero-order chi connectivity index (χ0) is 18.6. The second-order valence-corrected chi connectivity index (χ2v) is 5.72. The van der Waals surface area contributed by atoms with Crippen LogP contribution in [-0.4, -0.2) is 9.91 Å². The molecular weight excluding hydrogens is 344 g/mol. The number of hydrogen-bond acceptors (Lipinski definition) is 6. The SMILES string of the molecule is O=[N+]([O-])c1ccc2oc(=Nc3ccccc3)c(Nc3ccccc3)nc2c1. The van der Waals surface area contributed by atoms with Crippen molar-refractivity contribution in [3.05, 3.63) is 94.5 Å². The van der Waals surface area contributed by atoms with E-state index in [0.717, 1.165) is 5.69 Å². The Hall–Kier alpha value is -4.00. The van der Waals surface area contributed by atoms with Gasteiger partial charge >= 0.3 is 0 Å². The van der Waals surface area contributed by atoms with Crippen LogP contribution in [-0.2, 0) is 0 Å². The van der Waals surface area contributed by atoms with Crippen LogP contribution in [0.4, 0.5) is 22.9 Å². The number of nitro benzene ring substituents is 1. The van der Waals surface area contributed by atoms with Gasteiger partial charge in [-0.1, -0.05) is 36.4 Å². The summed E-state index contributed by atoms with van der Waals surface area (Å²) in [5.41, 5.74) is 2.52. The maximum Gasteiger partial charge on any atom is 0.271 e. The van der Waals surface area contributed by atoms with Crippen LogP contribution in [0.25, 0.3) is 11.1 Å². The molecule has 0 spiro atoms. The third kappa shape index (κ3) is 3.67. The lowest BCUT2D eigenvalue weighted by Gasteiger charge is -2.07. The van der Waals surface area contributed by atoms with E-state index in [1.807, 2.05) is 60.7 Å². The zero-order valence-corrected chi connectivity index (χ0v) is 14.1. The van der Waals surface area contributed by atoms with Gasteiger partial charge in [-0.3, -0.25) is 10.1 Å². The molecule has 0 aliphatic carbocycles. The topological polar surface area (TPSA) is 93.6 Å². The number of nitro groups is 1. The van der Waals surface area contributed by atoms with Gasteiger partial charge in [0.1, 0.15) is 5.52 Å². The Morgan fingerprint density at radius 2 is 1.67 bits per heavy atom. The molecule has 0 radical (unpaired) electrons. The van der Waals surface area contributed by atoms with Crippen LogP contribution in [0.2, 0.25) is 0 Å². The highest BCUT2D eigenvalue weighted by atomic mass is 16.6. The standard InChI is InChI=1S/C20H14N4O3/c25-24(26)16-11-12-18-17(13-16)23-19(21-14-7-3-1-4-8-14)20(27-18)22-15-9-5-2-6-10-15/h1-13H,(H,21,23). The first-order valence-electron chi connectivity index (χ1n) is 8.20. The van der Waals surface area contributed by atoms with Crippen LogP contribution in [0.15, 0.2) is 88.3 Å². The largest absolute Gasteiger partial charge is 0.434 e. The molecule has 0 aliphatic rings. The van der Waals surface area contributed by atoms with Crippen LogP contribution in [0.3, 0.4) is 0 Å². The normalized spacial score (nSPS) is 11.5. The summed E-state index contributed by atoms with van der Waals surface area (Å²) in [6.45, 7) is 0. The van der Waals surface area contributed by atoms with E-state index < -0.39 is 4.92 Å². The van der Waals surface area contributed by atoms with E-state index in [2.05, 4.69) is 15.3 Å². The highest BCUT2D eigenvalue weighted by molar-refractivity contribution is 5.76. The molecule has 0 atom stereocenters. The third-order valence-corrected chi connectivity index (χ3v) is 3.82. The molecule has 3 aromatic carbocycles. The van der Waals surface area contributed by atoms with Crippen LogP contribution in [0, 0.1) is 10.1 Å². The Bertz CT molecular complexity index is 1170. The third-order valence-electron chi connectivity index (χ3n) is 3.82. The number of nitrogens with one attached hydrogen (secondary N) is 1. The Kier molecular flexibility index (Phi) is 4.32. The van der Waals surface area contributed by atoms with Crippen molar-refractivity contribution < 1.29 is 9.34 Å². The van der Waals surface area contributed by atoms with Gasteiger partial charge < -0.3 is 9.73 Å².